The fraction of sp³-hybridized carbons (Fsp3) is 0.533. The van der Waals surface area contributed by atoms with E-state index in [1.54, 1.807) is 12.1 Å². The predicted octanol–water partition coefficient (Wildman–Crippen LogP) is 1.25. The van der Waals surface area contributed by atoms with Gasteiger partial charge < -0.3 is 11.1 Å². The molecule has 3 N–H and O–H groups in total. The standard InChI is InChI=1S/C15H20FN3O/c16-14-7-10(15(17)20)1-2-11(14)8-19-6-5-12-3-4-13(9-19)18-12/h1-2,7,12-13,18H,3-6,8-9H2,(H2,17,20). The van der Waals surface area contributed by atoms with Crippen molar-refractivity contribution in [2.45, 2.75) is 37.9 Å². The van der Waals surface area contributed by atoms with Gasteiger partial charge in [-0.1, -0.05) is 6.07 Å². The van der Waals surface area contributed by atoms with E-state index in [1.807, 2.05) is 0 Å². The minimum Gasteiger partial charge on any atom is -0.366 e. The zero-order chi connectivity index (χ0) is 14.1. The summed E-state index contributed by atoms with van der Waals surface area (Å²) in [6.45, 7) is 2.55. The van der Waals surface area contributed by atoms with Gasteiger partial charge in [0.15, 0.2) is 0 Å². The minimum absolute atomic E-state index is 0.225. The molecule has 20 heavy (non-hydrogen) atoms. The number of nitrogens with one attached hydrogen (secondary N) is 1. The second-order valence-corrected chi connectivity index (χ2v) is 5.83. The number of benzene rings is 1. The molecule has 4 nitrogen and oxygen atoms in total. The lowest BCUT2D eigenvalue weighted by molar-refractivity contribution is 0.1000. The second-order valence-electron chi connectivity index (χ2n) is 5.83. The van der Waals surface area contributed by atoms with E-state index in [0.29, 0.717) is 24.2 Å². The van der Waals surface area contributed by atoms with Crippen molar-refractivity contribution < 1.29 is 9.18 Å². The van der Waals surface area contributed by atoms with Crippen LogP contribution in [0.2, 0.25) is 0 Å². The van der Waals surface area contributed by atoms with Crippen molar-refractivity contribution in [2.75, 3.05) is 13.1 Å². The summed E-state index contributed by atoms with van der Waals surface area (Å²) in [4.78, 5) is 13.3. The maximum absolute atomic E-state index is 14.0. The SMILES string of the molecule is NC(=O)c1ccc(CN2CCC3CCC(C2)N3)c(F)c1. The molecule has 2 bridgehead atoms. The van der Waals surface area contributed by atoms with E-state index in [2.05, 4.69) is 10.2 Å². The topological polar surface area (TPSA) is 58.4 Å². The van der Waals surface area contributed by atoms with Crippen LogP contribution in [-0.4, -0.2) is 36.0 Å². The van der Waals surface area contributed by atoms with Crippen LogP contribution in [0.1, 0.15) is 35.2 Å². The Bertz CT molecular complexity index is 520. The number of amides is 1. The van der Waals surface area contributed by atoms with Crippen molar-refractivity contribution >= 4 is 5.91 Å². The molecule has 1 amide bonds. The molecule has 0 aromatic heterocycles. The zero-order valence-electron chi connectivity index (χ0n) is 11.4. The lowest BCUT2D eigenvalue weighted by Gasteiger charge is -2.24. The van der Waals surface area contributed by atoms with Crippen LogP contribution in [0, 0.1) is 5.82 Å². The number of primary amides is 1. The Morgan fingerprint density at radius 2 is 2.15 bits per heavy atom. The first-order valence-electron chi connectivity index (χ1n) is 7.18. The van der Waals surface area contributed by atoms with Crippen molar-refractivity contribution in [1.82, 2.24) is 10.2 Å². The van der Waals surface area contributed by atoms with E-state index in [9.17, 15) is 9.18 Å². The summed E-state index contributed by atoms with van der Waals surface area (Å²) in [5.41, 5.74) is 6.01. The van der Waals surface area contributed by atoms with Gasteiger partial charge in [0.05, 0.1) is 0 Å². The number of halogens is 1. The van der Waals surface area contributed by atoms with Crippen molar-refractivity contribution in [1.29, 1.82) is 0 Å². The lowest BCUT2D eigenvalue weighted by Crippen LogP contribution is -2.35. The van der Waals surface area contributed by atoms with E-state index in [1.165, 1.54) is 18.9 Å². The summed E-state index contributed by atoms with van der Waals surface area (Å²) in [5, 5.41) is 3.61. The van der Waals surface area contributed by atoms with Crippen LogP contribution in [0.15, 0.2) is 18.2 Å². The molecule has 1 aromatic rings. The first-order valence-corrected chi connectivity index (χ1v) is 7.18. The summed E-state index contributed by atoms with van der Waals surface area (Å²) in [7, 11) is 0. The highest BCUT2D eigenvalue weighted by Crippen LogP contribution is 2.22. The first-order chi connectivity index (χ1) is 9.61. The van der Waals surface area contributed by atoms with Crippen LogP contribution in [0.5, 0.6) is 0 Å². The summed E-state index contributed by atoms with van der Waals surface area (Å²) < 4.78 is 14.0. The molecule has 2 aliphatic heterocycles. The molecule has 1 aromatic carbocycles. The number of hydrogen-bond donors (Lipinski definition) is 2. The Hall–Kier alpha value is -1.46. The Morgan fingerprint density at radius 1 is 1.35 bits per heavy atom. The first kappa shape index (κ1) is 13.5. The van der Waals surface area contributed by atoms with Gasteiger partial charge in [-0.2, -0.15) is 0 Å². The molecule has 0 saturated carbocycles. The number of nitrogens with zero attached hydrogens (tertiary/aromatic N) is 1. The van der Waals surface area contributed by atoms with Gasteiger partial charge in [0, 0.05) is 42.8 Å². The normalized spacial score (nSPS) is 26.4. The van der Waals surface area contributed by atoms with Crippen molar-refractivity contribution in [3.05, 3.63) is 35.1 Å². The molecule has 0 radical (unpaired) electrons. The van der Waals surface area contributed by atoms with Gasteiger partial charge in [-0.05, 0) is 31.4 Å². The number of nitrogens with two attached hydrogens (primary N) is 1. The van der Waals surface area contributed by atoms with Crippen LogP contribution < -0.4 is 11.1 Å². The number of likely N-dealkylation sites (tertiary alicyclic amines) is 1. The maximum Gasteiger partial charge on any atom is 0.248 e. The van der Waals surface area contributed by atoms with Gasteiger partial charge in [-0.25, -0.2) is 4.39 Å². The highest BCUT2D eigenvalue weighted by molar-refractivity contribution is 5.92. The Labute approximate surface area is 118 Å². The third-order valence-electron chi connectivity index (χ3n) is 4.34. The maximum atomic E-state index is 14.0. The van der Waals surface area contributed by atoms with Gasteiger partial charge in [0.1, 0.15) is 5.82 Å². The van der Waals surface area contributed by atoms with E-state index < -0.39 is 5.91 Å². The fourth-order valence-corrected chi connectivity index (χ4v) is 3.23. The van der Waals surface area contributed by atoms with Crippen LogP contribution >= 0.6 is 0 Å². The van der Waals surface area contributed by atoms with Gasteiger partial charge in [-0.15, -0.1) is 0 Å². The number of carbonyl (C=O) groups excluding carboxylic acids is 1. The van der Waals surface area contributed by atoms with E-state index in [0.717, 1.165) is 19.5 Å². The van der Waals surface area contributed by atoms with Gasteiger partial charge in [0.2, 0.25) is 5.91 Å². The third kappa shape index (κ3) is 2.83. The molecule has 3 rings (SSSR count). The highest BCUT2D eigenvalue weighted by atomic mass is 19.1. The minimum atomic E-state index is -0.591. The average molecular weight is 277 g/mol. The smallest absolute Gasteiger partial charge is 0.248 e. The van der Waals surface area contributed by atoms with Crippen LogP contribution in [0.3, 0.4) is 0 Å². The molecule has 2 unspecified atom stereocenters. The highest BCUT2D eigenvalue weighted by Gasteiger charge is 2.29. The molecular weight excluding hydrogens is 257 g/mol. The summed E-state index contributed by atoms with van der Waals surface area (Å²) in [6.07, 6.45) is 3.60. The van der Waals surface area contributed by atoms with Crippen molar-refractivity contribution in [3.8, 4) is 0 Å². The molecule has 2 saturated heterocycles. The Morgan fingerprint density at radius 3 is 2.90 bits per heavy atom. The van der Waals surface area contributed by atoms with E-state index in [4.69, 9.17) is 5.73 Å². The second kappa shape index (κ2) is 5.50. The van der Waals surface area contributed by atoms with E-state index >= 15 is 0 Å². The lowest BCUT2D eigenvalue weighted by atomic mass is 10.1. The molecular formula is C15H20FN3O. The van der Waals surface area contributed by atoms with E-state index in [-0.39, 0.29) is 11.4 Å². The Balaban J connectivity index is 1.69. The molecule has 5 heteroatoms. The molecule has 2 heterocycles. The average Bonchev–Trinajstić information content (AvgIpc) is 2.74. The van der Waals surface area contributed by atoms with Crippen LogP contribution in [0.25, 0.3) is 0 Å². The summed E-state index contributed by atoms with van der Waals surface area (Å²) in [5.74, 6) is -0.935. The summed E-state index contributed by atoms with van der Waals surface area (Å²) in [6, 6.07) is 5.68. The zero-order valence-corrected chi connectivity index (χ0v) is 11.4. The molecule has 2 fully saturated rings. The molecule has 0 spiro atoms. The van der Waals surface area contributed by atoms with Crippen molar-refractivity contribution in [2.24, 2.45) is 5.73 Å². The molecule has 2 atom stereocenters. The molecule has 108 valence electrons. The van der Waals surface area contributed by atoms with Gasteiger partial charge >= 0.3 is 0 Å². The number of rotatable bonds is 3. The summed E-state index contributed by atoms with van der Waals surface area (Å²) >= 11 is 0. The number of fused-ring (bicyclic) bond motifs is 2. The molecule has 2 aliphatic rings. The quantitative estimate of drug-likeness (QED) is 0.874. The van der Waals surface area contributed by atoms with Crippen LogP contribution in [0.4, 0.5) is 4.39 Å². The largest absolute Gasteiger partial charge is 0.366 e. The monoisotopic (exact) mass is 277 g/mol. The van der Waals surface area contributed by atoms with Gasteiger partial charge in [-0.3, -0.25) is 9.69 Å². The molecule has 0 aliphatic carbocycles. The van der Waals surface area contributed by atoms with Crippen molar-refractivity contribution in [3.63, 3.8) is 0 Å². The fourth-order valence-electron chi connectivity index (χ4n) is 3.23. The number of hydrogen-bond acceptors (Lipinski definition) is 3. The van der Waals surface area contributed by atoms with Crippen LogP contribution in [-0.2, 0) is 6.54 Å². The predicted molar refractivity (Wildman–Crippen MR) is 74.8 cm³/mol. The Kier molecular flexibility index (Phi) is 3.72. The third-order valence-corrected chi connectivity index (χ3v) is 4.34. The van der Waals surface area contributed by atoms with Gasteiger partial charge in [0.25, 0.3) is 0 Å². The number of carbonyl (C=O) groups is 1.